The molecule has 28 heavy (non-hydrogen) atoms. The predicted octanol–water partition coefficient (Wildman–Crippen LogP) is 2.40. The molecule has 0 saturated carbocycles. The lowest BCUT2D eigenvalue weighted by Gasteiger charge is -2.43. The highest BCUT2D eigenvalue weighted by Crippen LogP contribution is 2.31. The third-order valence-electron chi connectivity index (χ3n) is 5.38. The maximum absolute atomic E-state index is 12.7. The summed E-state index contributed by atoms with van der Waals surface area (Å²) in [6, 6.07) is 2.92. The van der Waals surface area contributed by atoms with Crippen LogP contribution in [0.5, 0.6) is 5.75 Å². The number of aromatic hydroxyl groups is 1. The first-order valence-corrected chi connectivity index (χ1v) is 9.86. The molecular formula is C21H28ClN2O4+. The van der Waals surface area contributed by atoms with Crippen LogP contribution in [0.2, 0.25) is 5.02 Å². The van der Waals surface area contributed by atoms with Gasteiger partial charge in [0.25, 0.3) is 0 Å². The molecule has 1 fully saturated rings. The van der Waals surface area contributed by atoms with Crippen molar-refractivity contribution in [3.8, 4) is 5.75 Å². The van der Waals surface area contributed by atoms with E-state index in [0.717, 1.165) is 12.8 Å². The quantitative estimate of drug-likeness (QED) is 0.680. The van der Waals surface area contributed by atoms with E-state index in [2.05, 4.69) is 38.3 Å². The molecule has 152 valence electrons. The standard InChI is InChI=1S/C21H27ClN2O4/c1-11-13-6-15(22)16(25)8-17(13)28-19(27)14(11)7-18(26)23-12-9-20(2,3)24-21(4,5)10-12/h6,8,12,24-25H,7,9-10H2,1-5H3,(H,23,26)/p+1. The molecule has 1 aliphatic rings. The van der Waals surface area contributed by atoms with Crippen molar-refractivity contribution in [1.29, 1.82) is 0 Å². The lowest BCUT2D eigenvalue weighted by Crippen LogP contribution is -3.06. The van der Waals surface area contributed by atoms with E-state index in [1.54, 1.807) is 13.0 Å². The molecule has 7 heteroatoms. The number of benzene rings is 1. The zero-order valence-electron chi connectivity index (χ0n) is 17.0. The number of carbonyl (C=O) groups excluding carboxylic acids is 1. The molecule has 1 aliphatic heterocycles. The lowest BCUT2D eigenvalue weighted by molar-refractivity contribution is -0.787. The van der Waals surface area contributed by atoms with E-state index < -0.39 is 5.63 Å². The zero-order valence-corrected chi connectivity index (χ0v) is 17.7. The third kappa shape index (κ3) is 4.33. The Morgan fingerprint density at radius 1 is 1.29 bits per heavy atom. The van der Waals surface area contributed by atoms with E-state index >= 15 is 0 Å². The number of hydrogen-bond acceptors (Lipinski definition) is 4. The predicted molar refractivity (Wildman–Crippen MR) is 109 cm³/mol. The minimum atomic E-state index is -0.570. The fourth-order valence-electron chi connectivity index (χ4n) is 4.66. The molecule has 0 bridgehead atoms. The van der Waals surface area contributed by atoms with Gasteiger partial charge in [0.1, 0.15) is 11.3 Å². The van der Waals surface area contributed by atoms with Gasteiger partial charge in [-0.25, -0.2) is 4.79 Å². The number of hydrogen-bond donors (Lipinski definition) is 3. The number of fused-ring (bicyclic) bond motifs is 1. The Hall–Kier alpha value is -2.05. The summed E-state index contributed by atoms with van der Waals surface area (Å²) in [4.78, 5) is 25.1. The van der Waals surface area contributed by atoms with Crippen LogP contribution in [-0.4, -0.2) is 28.1 Å². The van der Waals surface area contributed by atoms with Crippen LogP contribution >= 0.6 is 11.6 Å². The first-order valence-electron chi connectivity index (χ1n) is 9.48. The number of quaternary nitrogens is 1. The van der Waals surface area contributed by atoms with Gasteiger partial charge in [-0.15, -0.1) is 0 Å². The monoisotopic (exact) mass is 407 g/mol. The molecule has 4 N–H and O–H groups in total. The number of nitrogens with one attached hydrogen (secondary N) is 1. The fraction of sp³-hybridized carbons (Fsp3) is 0.524. The summed E-state index contributed by atoms with van der Waals surface area (Å²) < 4.78 is 5.31. The molecule has 1 amide bonds. The number of rotatable bonds is 3. The highest BCUT2D eigenvalue weighted by Gasteiger charge is 2.42. The van der Waals surface area contributed by atoms with Gasteiger partial charge in [-0.1, -0.05) is 11.6 Å². The van der Waals surface area contributed by atoms with Crippen molar-refractivity contribution in [2.45, 2.75) is 71.0 Å². The molecular weight excluding hydrogens is 380 g/mol. The molecule has 1 aromatic carbocycles. The van der Waals surface area contributed by atoms with Crippen molar-refractivity contribution in [3.63, 3.8) is 0 Å². The van der Waals surface area contributed by atoms with Crippen LogP contribution in [0.3, 0.4) is 0 Å². The lowest BCUT2D eigenvalue weighted by atomic mass is 9.79. The summed E-state index contributed by atoms with van der Waals surface area (Å²) >= 11 is 5.99. The summed E-state index contributed by atoms with van der Waals surface area (Å²) in [5.74, 6) is -0.348. The van der Waals surface area contributed by atoms with Crippen LogP contribution in [0.15, 0.2) is 21.3 Å². The molecule has 2 aromatic rings. The van der Waals surface area contributed by atoms with E-state index in [4.69, 9.17) is 16.0 Å². The number of piperidine rings is 1. The van der Waals surface area contributed by atoms with Crippen molar-refractivity contribution in [1.82, 2.24) is 5.32 Å². The summed E-state index contributed by atoms with van der Waals surface area (Å²) in [6.07, 6.45) is 1.68. The van der Waals surface area contributed by atoms with Gasteiger partial charge >= 0.3 is 5.63 Å². The van der Waals surface area contributed by atoms with Gasteiger partial charge in [-0.05, 0) is 46.2 Å². The van der Waals surface area contributed by atoms with Gasteiger partial charge in [-0.2, -0.15) is 0 Å². The number of phenolic OH excluding ortho intramolecular Hbond substituents is 1. The maximum Gasteiger partial charge on any atom is 0.340 e. The largest absolute Gasteiger partial charge is 0.506 e. The molecule has 0 unspecified atom stereocenters. The number of aryl methyl sites for hydroxylation is 1. The van der Waals surface area contributed by atoms with Crippen LogP contribution in [-0.2, 0) is 11.2 Å². The van der Waals surface area contributed by atoms with E-state index in [0.29, 0.717) is 16.5 Å². The number of halogens is 1. The van der Waals surface area contributed by atoms with Crippen LogP contribution in [0.25, 0.3) is 11.0 Å². The van der Waals surface area contributed by atoms with E-state index in [-0.39, 0.29) is 45.8 Å². The first kappa shape index (κ1) is 20.7. The van der Waals surface area contributed by atoms with Crippen molar-refractivity contribution in [3.05, 3.63) is 38.7 Å². The number of phenols is 1. The minimum absolute atomic E-state index is 0.0380. The van der Waals surface area contributed by atoms with E-state index in [9.17, 15) is 14.7 Å². The van der Waals surface area contributed by atoms with Crippen molar-refractivity contribution in [2.75, 3.05) is 0 Å². The smallest absolute Gasteiger partial charge is 0.340 e. The molecule has 6 nitrogen and oxygen atoms in total. The summed E-state index contributed by atoms with van der Waals surface area (Å²) in [7, 11) is 0. The van der Waals surface area contributed by atoms with Gasteiger partial charge in [0.15, 0.2) is 0 Å². The number of carbonyl (C=O) groups is 1. The number of nitrogens with two attached hydrogens (primary N) is 1. The van der Waals surface area contributed by atoms with Crippen LogP contribution in [0.4, 0.5) is 0 Å². The zero-order chi connectivity index (χ0) is 20.9. The third-order valence-corrected chi connectivity index (χ3v) is 5.69. The van der Waals surface area contributed by atoms with Crippen LogP contribution in [0.1, 0.15) is 51.7 Å². The van der Waals surface area contributed by atoms with Crippen molar-refractivity contribution >= 4 is 28.5 Å². The SMILES string of the molecule is Cc1c(CC(=O)NC2CC(C)(C)[NH2+]C(C)(C)C2)c(=O)oc2cc(O)c(Cl)cc12. The molecule has 0 aliphatic carbocycles. The minimum Gasteiger partial charge on any atom is -0.506 e. The molecule has 2 heterocycles. The first-order chi connectivity index (χ1) is 12.9. The van der Waals surface area contributed by atoms with Crippen molar-refractivity contribution < 1.29 is 19.6 Å². The molecule has 1 saturated heterocycles. The highest BCUT2D eigenvalue weighted by atomic mass is 35.5. The average Bonchev–Trinajstić information content (AvgIpc) is 2.50. The molecule has 0 radical (unpaired) electrons. The molecule has 3 rings (SSSR count). The normalized spacial score (nSPS) is 18.9. The van der Waals surface area contributed by atoms with Gasteiger partial charge in [0.2, 0.25) is 5.91 Å². The van der Waals surface area contributed by atoms with Gasteiger partial charge in [-0.3, -0.25) is 4.79 Å². The van der Waals surface area contributed by atoms with Crippen LogP contribution in [0, 0.1) is 6.92 Å². The Labute approximate surface area is 169 Å². The Bertz CT molecular complexity index is 978. The maximum atomic E-state index is 12.7. The van der Waals surface area contributed by atoms with Crippen LogP contribution < -0.4 is 16.3 Å². The summed E-state index contributed by atoms with van der Waals surface area (Å²) in [5.41, 5.74) is 0.708. The van der Waals surface area contributed by atoms with E-state index in [1.165, 1.54) is 6.07 Å². The van der Waals surface area contributed by atoms with Gasteiger partial charge in [0.05, 0.1) is 28.1 Å². The summed E-state index contributed by atoms with van der Waals surface area (Å²) in [6.45, 7) is 10.5. The Kier molecular flexibility index (Phi) is 5.23. The Morgan fingerprint density at radius 3 is 2.50 bits per heavy atom. The number of amides is 1. The van der Waals surface area contributed by atoms with E-state index in [1.807, 2.05) is 0 Å². The Balaban J connectivity index is 1.83. The second-order valence-electron chi connectivity index (χ2n) is 9.26. The van der Waals surface area contributed by atoms with Crippen molar-refractivity contribution in [2.24, 2.45) is 0 Å². The second-order valence-corrected chi connectivity index (χ2v) is 9.67. The highest BCUT2D eigenvalue weighted by molar-refractivity contribution is 6.32. The average molecular weight is 408 g/mol. The molecule has 0 spiro atoms. The topological polar surface area (TPSA) is 96.2 Å². The second kappa shape index (κ2) is 7.08. The van der Waals surface area contributed by atoms with Gasteiger partial charge < -0.3 is 20.2 Å². The Morgan fingerprint density at radius 2 is 1.89 bits per heavy atom. The fourth-order valence-corrected chi connectivity index (χ4v) is 4.82. The molecule has 0 atom stereocenters. The van der Waals surface area contributed by atoms with Gasteiger partial charge in [0, 0.05) is 30.3 Å². The summed E-state index contributed by atoms with van der Waals surface area (Å²) in [5, 5.41) is 15.9. The molecule has 1 aromatic heterocycles.